The molecule has 0 saturated carbocycles. The molecule has 1 aromatic rings. The van der Waals surface area contributed by atoms with Crippen LogP contribution < -0.4 is 5.32 Å². The second kappa shape index (κ2) is 18.8. The Morgan fingerprint density at radius 2 is 1.29 bits per heavy atom. The third-order valence-electron chi connectivity index (χ3n) is 5.95. The molecule has 0 radical (unpaired) electrons. The van der Waals surface area contributed by atoms with Gasteiger partial charge in [-0.15, -0.1) is 0 Å². The minimum atomic E-state index is -0.612. The van der Waals surface area contributed by atoms with Gasteiger partial charge >= 0.3 is 0 Å². The molecule has 1 unspecified atom stereocenters. The van der Waals surface area contributed by atoms with E-state index >= 15 is 0 Å². The molecule has 0 aliphatic rings. The van der Waals surface area contributed by atoms with Crippen LogP contribution in [-0.4, -0.2) is 16.9 Å². The first-order valence-electron chi connectivity index (χ1n) is 12.6. The van der Waals surface area contributed by atoms with E-state index in [2.05, 4.69) is 12.2 Å². The lowest BCUT2D eigenvalue weighted by Crippen LogP contribution is -2.22. The Labute approximate surface area is 189 Å². The van der Waals surface area contributed by atoms with Crippen LogP contribution in [0.15, 0.2) is 30.3 Å². The maximum Gasteiger partial charge on any atom is 0.224 e. The summed E-state index contributed by atoms with van der Waals surface area (Å²) in [6, 6.07) is 8.61. The summed E-state index contributed by atoms with van der Waals surface area (Å²) in [4.78, 5) is 23.1. The number of amides is 1. The van der Waals surface area contributed by atoms with Crippen molar-refractivity contribution in [2.75, 3.05) is 5.32 Å². The van der Waals surface area contributed by atoms with Crippen molar-refractivity contribution in [3.8, 4) is 0 Å². The third-order valence-corrected chi connectivity index (χ3v) is 5.95. The first-order chi connectivity index (χ1) is 15.1. The van der Waals surface area contributed by atoms with Gasteiger partial charge in [-0.3, -0.25) is 14.9 Å². The van der Waals surface area contributed by atoms with Gasteiger partial charge in [-0.1, -0.05) is 109 Å². The fourth-order valence-electron chi connectivity index (χ4n) is 3.97. The molecule has 0 heterocycles. The van der Waals surface area contributed by atoms with Crippen molar-refractivity contribution in [1.82, 2.24) is 0 Å². The number of anilines is 1. The van der Waals surface area contributed by atoms with Gasteiger partial charge in [-0.05, 0) is 18.6 Å². The van der Waals surface area contributed by atoms with Gasteiger partial charge in [0.1, 0.15) is 0 Å². The van der Waals surface area contributed by atoms with E-state index in [0.717, 1.165) is 24.9 Å². The Kier molecular flexibility index (Phi) is 16.5. The Hall–Kier alpha value is -1.91. The number of hydrogen-bond acceptors (Lipinski definition) is 3. The molecule has 5 heteroatoms. The number of carbonyl (C=O) groups excluding carboxylic acids is 1. The Morgan fingerprint density at radius 3 is 1.77 bits per heavy atom. The van der Waals surface area contributed by atoms with E-state index in [1.165, 1.54) is 70.6 Å². The molecule has 31 heavy (non-hydrogen) atoms. The quantitative estimate of drug-likeness (QED) is 0.129. The van der Waals surface area contributed by atoms with E-state index in [-0.39, 0.29) is 17.3 Å². The lowest BCUT2D eigenvalue weighted by molar-refractivity contribution is -0.524. The van der Waals surface area contributed by atoms with Gasteiger partial charge in [-0.2, -0.15) is 0 Å². The summed E-state index contributed by atoms with van der Waals surface area (Å²) in [6.45, 7) is 2.26. The number of nitro groups is 1. The summed E-state index contributed by atoms with van der Waals surface area (Å²) in [5.74, 6) is -0.154. The maximum absolute atomic E-state index is 12.0. The Balaban J connectivity index is 1.98. The SMILES string of the molecule is CCCCCCCCCCCCCCCCC(CCC(=O)Nc1ccccc1)[N+](=O)[O-]. The van der Waals surface area contributed by atoms with Crippen LogP contribution in [0.3, 0.4) is 0 Å². The van der Waals surface area contributed by atoms with Crippen LogP contribution in [0.4, 0.5) is 5.69 Å². The zero-order valence-electron chi connectivity index (χ0n) is 19.7. The van der Waals surface area contributed by atoms with E-state index in [9.17, 15) is 14.9 Å². The highest BCUT2D eigenvalue weighted by Crippen LogP contribution is 2.16. The van der Waals surface area contributed by atoms with E-state index in [1.807, 2.05) is 30.3 Å². The van der Waals surface area contributed by atoms with Crippen LogP contribution in [0, 0.1) is 10.1 Å². The van der Waals surface area contributed by atoms with Gasteiger partial charge in [0.05, 0.1) is 0 Å². The van der Waals surface area contributed by atoms with Crippen molar-refractivity contribution in [2.24, 2.45) is 0 Å². The maximum atomic E-state index is 12.0. The molecule has 0 bridgehead atoms. The van der Waals surface area contributed by atoms with Gasteiger partial charge in [-0.25, -0.2) is 0 Å². The van der Waals surface area contributed by atoms with Crippen LogP contribution >= 0.6 is 0 Å². The lowest BCUT2D eigenvalue weighted by atomic mass is 10.0. The molecule has 176 valence electrons. The highest BCUT2D eigenvalue weighted by atomic mass is 16.6. The second-order valence-corrected chi connectivity index (χ2v) is 8.78. The summed E-state index contributed by atoms with van der Waals surface area (Å²) in [5, 5.41) is 14.1. The van der Waals surface area contributed by atoms with Crippen LogP contribution in [-0.2, 0) is 4.79 Å². The van der Waals surface area contributed by atoms with Gasteiger partial charge < -0.3 is 5.32 Å². The molecule has 1 N–H and O–H groups in total. The molecule has 0 fully saturated rings. The molecule has 0 aromatic heterocycles. The topological polar surface area (TPSA) is 72.2 Å². The fourth-order valence-corrected chi connectivity index (χ4v) is 3.97. The zero-order chi connectivity index (χ0) is 22.6. The van der Waals surface area contributed by atoms with Gasteiger partial charge in [0, 0.05) is 29.9 Å². The first-order valence-corrected chi connectivity index (χ1v) is 12.6. The monoisotopic (exact) mass is 432 g/mol. The molecule has 5 nitrogen and oxygen atoms in total. The lowest BCUT2D eigenvalue weighted by Gasteiger charge is -2.10. The molecule has 1 rings (SSSR count). The summed E-state index contributed by atoms with van der Waals surface area (Å²) >= 11 is 0. The zero-order valence-corrected chi connectivity index (χ0v) is 19.7. The van der Waals surface area contributed by atoms with E-state index in [4.69, 9.17) is 0 Å². The van der Waals surface area contributed by atoms with Crippen LogP contribution in [0.1, 0.15) is 116 Å². The van der Waals surface area contributed by atoms with Crippen molar-refractivity contribution < 1.29 is 9.72 Å². The highest BCUT2D eigenvalue weighted by Gasteiger charge is 2.20. The number of carbonyl (C=O) groups is 1. The number of nitrogens with zero attached hydrogens (tertiary/aromatic N) is 1. The van der Waals surface area contributed by atoms with E-state index in [0.29, 0.717) is 12.8 Å². The summed E-state index contributed by atoms with van der Waals surface area (Å²) in [5.41, 5.74) is 0.733. The molecule has 1 amide bonds. The van der Waals surface area contributed by atoms with Gasteiger partial charge in [0.25, 0.3) is 0 Å². The number of rotatable bonds is 20. The predicted octanol–water partition coefficient (Wildman–Crippen LogP) is 7.92. The van der Waals surface area contributed by atoms with Crippen molar-refractivity contribution >= 4 is 11.6 Å². The number of hydrogen-bond donors (Lipinski definition) is 1. The molecule has 1 aromatic carbocycles. The predicted molar refractivity (Wildman–Crippen MR) is 130 cm³/mol. The smallest absolute Gasteiger partial charge is 0.224 e. The Morgan fingerprint density at radius 1 is 0.806 bits per heavy atom. The molecule has 0 saturated heterocycles. The number of benzene rings is 1. The normalized spacial score (nSPS) is 11.9. The summed E-state index contributed by atoms with van der Waals surface area (Å²) in [6.07, 6.45) is 19.0. The molecule has 0 aliphatic heterocycles. The van der Waals surface area contributed by atoms with Crippen molar-refractivity contribution in [3.05, 3.63) is 40.4 Å². The molecular formula is C26H44N2O3. The average Bonchev–Trinajstić information content (AvgIpc) is 2.76. The second-order valence-electron chi connectivity index (χ2n) is 8.78. The molecule has 0 aliphatic carbocycles. The van der Waals surface area contributed by atoms with Gasteiger partial charge in [0.2, 0.25) is 11.9 Å². The molecule has 0 spiro atoms. The fraction of sp³-hybridized carbons (Fsp3) is 0.731. The Bertz CT molecular complexity index is 577. The summed E-state index contributed by atoms with van der Waals surface area (Å²) in [7, 11) is 0. The minimum Gasteiger partial charge on any atom is -0.326 e. The highest BCUT2D eigenvalue weighted by molar-refractivity contribution is 5.90. The minimum absolute atomic E-state index is 0.154. The number of nitrogens with one attached hydrogen (secondary N) is 1. The van der Waals surface area contributed by atoms with Crippen LogP contribution in [0.2, 0.25) is 0 Å². The third kappa shape index (κ3) is 15.5. The van der Waals surface area contributed by atoms with E-state index < -0.39 is 6.04 Å². The molecular weight excluding hydrogens is 388 g/mol. The van der Waals surface area contributed by atoms with Crippen molar-refractivity contribution in [1.29, 1.82) is 0 Å². The van der Waals surface area contributed by atoms with Gasteiger partial charge in [0.15, 0.2) is 0 Å². The number of para-hydroxylation sites is 1. The van der Waals surface area contributed by atoms with Crippen LogP contribution in [0.25, 0.3) is 0 Å². The standard InChI is InChI=1S/C26H44N2O3/c1-2-3-4-5-6-7-8-9-10-11-12-13-14-18-21-25(28(30)31)22-23-26(29)27-24-19-16-15-17-20-24/h15-17,19-20,25H,2-14,18,21-23H2,1H3,(H,27,29). The summed E-state index contributed by atoms with van der Waals surface area (Å²) < 4.78 is 0. The largest absolute Gasteiger partial charge is 0.326 e. The van der Waals surface area contributed by atoms with E-state index in [1.54, 1.807) is 0 Å². The average molecular weight is 433 g/mol. The first kappa shape index (κ1) is 27.1. The molecule has 1 atom stereocenters. The van der Waals surface area contributed by atoms with Crippen LogP contribution in [0.5, 0.6) is 0 Å². The van der Waals surface area contributed by atoms with Crippen molar-refractivity contribution in [3.63, 3.8) is 0 Å². The van der Waals surface area contributed by atoms with Crippen molar-refractivity contribution in [2.45, 2.75) is 122 Å². The number of unbranched alkanes of at least 4 members (excludes halogenated alkanes) is 13.